The normalized spacial score (nSPS) is 10.9. The van der Waals surface area contributed by atoms with Crippen molar-refractivity contribution in [2.24, 2.45) is 0 Å². The predicted octanol–water partition coefficient (Wildman–Crippen LogP) is 2.75. The fraction of sp³-hybridized carbons (Fsp3) is 0.615. The molecule has 0 bridgehead atoms. The Morgan fingerprint density at radius 3 is 2.53 bits per heavy atom. The third-order valence-electron chi connectivity index (χ3n) is 2.51. The predicted molar refractivity (Wildman–Crippen MR) is 65.0 cm³/mol. The second-order valence-corrected chi connectivity index (χ2v) is 4.29. The van der Waals surface area contributed by atoms with Crippen LogP contribution >= 0.6 is 0 Å². The van der Waals surface area contributed by atoms with Crippen molar-refractivity contribution in [1.29, 1.82) is 0 Å². The van der Waals surface area contributed by atoms with E-state index in [2.05, 4.69) is 36.1 Å². The summed E-state index contributed by atoms with van der Waals surface area (Å²) in [5.41, 5.74) is 1.23. The van der Waals surface area contributed by atoms with Crippen LogP contribution in [0.2, 0.25) is 0 Å². The molecule has 0 aliphatic rings. The number of unbranched alkanes of at least 4 members (excludes halogenated alkanes) is 3. The van der Waals surface area contributed by atoms with Gasteiger partial charge in [0.2, 0.25) is 0 Å². The van der Waals surface area contributed by atoms with Crippen LogP contribution in [0.1, 0.15) is 31.4 Å². The van der Waals surface area contributed by atoms with Crippen LogP contribution in [0.25, 0.3) is 0 Å². The van der Waals surface area contributed by atoms with E-state index in [1.807, 2.05) is 12.3 Å². The molecule has 0 aromatic carbocycles. The van der Waals surface area contributed by atoms with Gasteiger partial charge in [-0.2, -0.15) is 0 Å². The fourth-order valence-corrected chi connectivity index (χ4v) is 1.63. The minimum atomic E-state index is 1.13. The molecule has 0 atom stereocenters. The van der Waals surface area contributed by atoms with E-state index in [0.29, 0.717) is 0 Å². The molecule has 0 unspecified atom stereocenters. The van der Waals surface area contributed by atoms with Gasteiger partial charge in [-0.3, -0.25) is 4.98 Å². The van der Waals surface area contributed by atoms with Crippen LogP contribution < -0.4 is 0 Å². The SMILES string of the molecule is CN(C)CCCCCCc1ccccn1. The molecule has 0 saturated carbocycles. The summed E-state index contributed by atoms with van der Waals surface area (Å²) in [6.45, 7) is 1.21. The number of aromatic nitrogens is 1. The van der Waals surface area contributed by atoms with Gasteiger partial charge in [0.1, 0.15) is 0 Å². The molecule has 0 aliphatic heterocycles. The van der Waals surface area contributed by atoms with Crippen molar-refractivity contribution in [3.8, 4) is 0 Å². The summed E-state index contributed by atoms with van der Waals surface area (Å²) in [4.78, 5) is 6.57. The number of rotatable bonds is 7. The zero-order valence-corrected chi connectivity index (χ0v) is 9.95. The van der Waals surface area contributed by atoms with Crippen molar-refractivity contribution >= 4 is 0 Å². The van der Waals surface area contributed by atoms with Gasteiger partial charge in [0.25, 0.3) is 0 Å². The van der Waals surface area contributed by atoms with E-state index in [1.54, 1.807) is 0 Å². The van der Waals surface area contributed by atoms with Crippen molar-refractivity contribution in [3.63, 3.8) is 0 Å². The average Bonchev–Trinajstić information content (AvgIpc) is 2.24. The maximum absolute atomic E-state index is 4.32. The van der Waals surface area contributed by atoms with Gasteiger partial charge in [-0.1, -0.05) is 18.9 Å². The van der Waals surface area contributed by atoms with E-state index in [1.165, 1.54) is 37.9 Å². The number of hydrogen-bond donors (Lipinski definition) is 0. The smallest absolute Gasteiger partial charge is 0.0403 e. The Balaban J connectivity index is 1.98. The first-order valence-corrected chi connectivity index (χ1v) is 5.83. The molecule has 1 heterocycles. The molecule has 0 saturated heterocycles. The van der Waals surface area contributed by atoms with Gasteiger partial charge >= 0.3 is 0 Å². The lowest BCUT2D eigenvalue weighted by molar-refractivity contribution is 0.390. The summed E-state index contributed by atoms with van der Waals surface area (Å²) in [6.07, 6.45) is 8.25. The molecule has 1 aromatic rings. The van der Waals surface area contributed by atoms with E-state index >= 15 is 0 Å². The summed E-state index contributed by atoms with van der Waals surface area (Å²) < 4.78 is 0. The largest absolute Gasteiger partial charge is 0.309 e. The number of hydrogen-bond acceptors (Lipinski definition) is 2. The van der Waals surface area contributed by atoms with Crippen molar-refractivity contribution in [1.82, 2.24) is 9.88 Å². The Labute approximate surface area is 93.3 Å². The fourth-order valence-electron chi connectivity index (χ4n) is 1.63. The number of aryl methyl sites for hydroxylation is 1. The van der Waals surface area contributed by atoms with E-state index < -0.39 is 0 Å². The van der Waals surface area contributed by atoms with Crippen LogP contribution in [0.15, 0.2) is 24.4 Å². The van der Waals surface area contributed by atoms with Gasteiger partial charge in [0, 0.05) is 11.9 Å². The van der Waals surface area contributed by atoms with Gasteiger partial charge in [0.15, 0.2) is 0 Å². The van der Waals surface area contributed by atoms with Crippen LogP contribution in [0, 0.1) is 0 Å². The van der Waals surface area contributed by atoms with Crippen LogP contribution in [0.4, 0.5) is 0 Å². The topological polar surface area (TPSA) is 16.1 Å². The first-order chi connectivity index (χ1) is 7.29. The highest BCUT2D eigenvalue weighted by Gasteiger charge is 1.94. The highest BCUT2D eigenvalue weighted by Crippen LogP contribution is 2.05. The van der Waals surface area contributed by atoms with E-state index in [0.717, 1.165) is 6.42 Å². The van der Waals surface area contributed by atoms with Gasteiger partial charge in [0.05, 0.1) is 0 Å². The van der Waals surface area contributed by atoms with Gasteiger partial charge in [-0.25, -0.2) is 0 Å². The lowest BCUT2D eigenvalue weighted by Gasteiger charge is -2.08. The quantitative estimate of drug-likeness (QED) is 0.638. The molecule has 1 rings (SSSR count). The van der Waals surface area contributed by atoms with Crippen LogP contribution in [0.5, 0.6) is 0 Å². The van der Waals surface area contributed by atoms with Crippen LogP contribution in [0.3, 0.4) is 0 Å². The zero-order valence-electron chi connectivity index (χ0n) is 9.95. The first-order valence-electron chi connectivity index (χ1n) is 5.83. The second kappa shape index (κ2) is 7.41. The Morgan fingerprint density at radius 2 is 1.87 bits per heavy atom. The van der Waals surface area contributed by atoms with Crippen LogP contribution in [-0.2, 0) is 6.42 Å². The van der Waals surface area contributed by atoms with Gasteiger partial charge < -0.3 is 4.90 Å². The van der Waals surface area contributed by atoms with Crippen LogP contribution in [-0.4, -0.2) is 30.5 Å². The Morgan fingerprint density at radius 1 is 1.07 bits per heavy atom. The molecule has 0 aliphatic carbocycles. The Kier molecular flexibility index (Phi) is 6.02. The second-order valence-electron chi connectivity index (χ2n) is 4.29. The molecule has 0 spiro atoms. The van der Waals surface area contributed by atoms with Gasteiger partial charge in [-0.15, -0.1) is 0 Å². The summed E-state index contributed by atoms with van der Waals surface area (Å²) in [7, 11) is 4.27. The van der Waals surface area contributed by atoms with Crippen molar-refractivity contribution < 1.29 is 0 Å². The molecular formula is C13H22N2. The standard InChI is InChI=1S/C13H22N2/c1-15(2)12-8-4-3-5-9-13-10-6-7-11-14-13/h6-7,10-11H,3-5,8-9,12H2,1-2H3. The Bertz CT molecular complexity index is 244. The van der Waals surface area contributed by atoms with Crippen molar-refractivity contribution in [2.75, 3.05) is 20.6 Å². The molecule has 15 heavy (non-hydrogen) atoms. The van der Waals surface area contributed by atoms with E-state index in [9.17, 15) is 0 Å². The summed E-state index contributed by atoms with van der Waals surface area (Å²) in [5, 5.41) is 0. The van der Waals surface area contributed by atoms with E-state index in [4.69, 9.17) is 0 Å². The van der Waals surface area contributed by atoms with Crippen molar-refractivity contribution in [2.45, 2.75) is 32.1 Å². The third-order valence-corrected chi connectivity index (χ3v) is 2.51. The maximum atomic E-state index is 4.32. The highest BCUT2D eigenvalue weighted by atomic mass is 15.0. The molecule has 2 heteroatoms. The molecule has 2 nitrogen and oxygen atoms in total. The molecule has 84 valence electrons. The Hall–Kier alpha value is -0.890. The summed E-state index contributed by atoms with van der Waals surface area (Å²) in [5.74, 6) is 0. The monoisotopic (exact) mass is 206 g/mol. The molecule has 0 fully saturated rings. The lowest BCUT2D eigenvalue weighted by atomic mass is 10.1. The molecular weight excluding hydrogens is 184 g/mol. The molecule has 0 amide bonds. The number of pyridine rings is 1. The molecule has 0 radical (unpaired) electrons. The maximum Gasteiger partial charge on any atom is 0.0403 e. The molecule has 0 N–H and O–H groups in total. The lowest BCUT2D eigenvalue weighted by Crippen LogP contribution is -2.12. The average molecular weight is 206 g/mol. The van der Waals surface area contributed by atoms with Crippen molar-refractivity contribution in [3.05, 3.63) is 30.1 Å². The van der Waals surface area contributed by atoms with Gasteiger partial charge in [-0.05, 0) is 52.0 Å². The first kappa shape index (κ1) is 12.2. The van der Waals surface area contributed by atoms with E-state index in [-0.39, 0.29) is 0 Å². The summed E-state index contributed by atoms with van der Waals surface area (Å²) >= 11 is 0. The molecule has 1 aromatic heterocycles. The minimum Gasteiger partial charge on any atom is -0.309 e. The highest BCUT2D eigenvalue weighted by molar-refractivity contribution is 5.03. The zero-order chi connectivity index (χ0) is 10.9. The third kappa shape index (κ3) is 6.24. The summed E-state index contributed by atoms with van der Waals surface area (Å²) in [6, 6.07) is 6.15. The minimum absolute atomic E-state index is 1.13. The number of nitrogens with zero attached hydrogens (tertiary/aromatic N) is 2.